The number of nitrogens with one attached hydrogen (secondary N) is 1. The van der Waals surface area contributed by atoms with Gasteiger partial charge in [-0.1, -0.05) is 6.92 Å². The van der Waals surface area contributed by atoms with Crippen LogP contribution in [0.25, 0.3) is 0 Å². The lowest BCUT2D eigenvalue weighted by molar-refractivity contribution is 0.375. The Hall–Kier alpha value is -1.37. The Morgan fingerprint density at radius 3 is 2.61 bits per heavy atom. The van der Waals surface area contributed by atoms with E-state index in [9.17, 15) is 0 Å². The van der Waals surface area contributed by atoms with E-state index in [1.807, 2.05) is 14.1 Å². The summed E-state index contributed by atoms with van der Waals surface area (Å²) in [5.74, 6) is 1.91. The van der Waals surface area contributed by atoms with Crippen molar-refractivity contribution in [3.63, 3.8) is 0 Å². The van der Waals surface area contributed by atoms with Crippen LogP contribution in [0.2, 0.25) is 0 Å². The Kier molecular flexibility index (Phi) is 4.35. The van der Waals surface area contributed by atoms with Gasteiger partial charge in [0.2, 0.25) is 5.13 Å². The van der Waals surface area contributed by atoms with Crippen LogP contribution < -0.4 is 10.2 Å². The van der Waals surface area contributed by atoms with E-state index in [0.717, 1.165) is 49.5 Å². The number of guanidine groups is 1. The number of aryl methyl sites for hydroxylation is 1. The molecule has 1 saturated heterocycles. The summed E-state index contributed by atoms with van der Waals surface area (Å²) in [5, 5.41) is 4.17. The fourth-order valence-corrected chi connectivity index (χ4v) is 2.84. The maximum atomic E-state index is 4.53. The molecule has 0 aromatic carbocycles. The summed E-state index contributed by atoms with van der Waals surface area (Å²) >= 11 is 1.50. The van der Waals surface area contributed by atoms with Gasteiger partial charge in [-0.05, 0) is 0 Å². The highest BCUT2D eigenvalue weighted by molar-refractivity contribution is 7.09. The predicted octanol–water partition coefficient (Wildman–Crippen LogP) is 0.428. The second-order valence-corrected chi connectivity index (χ2v) is 4.85. The molecule has 6 nitrogen and oxygen atoms in total. The van der Waals surface area contributed by atoms with Crippen molar-refractivity contribution in [1.82, 2.24) is 19.6 Å². The first kappa shape index (κ1) is 13.1. The van der Waals surface area contributed by atoms with Crippen LogP contribution >= 0.6 is 11.5 Å². The van der Waals surface area contributed by atoms with Crippen LogP contribution in [0.1, 0.15) is 12.7 Å². The number of hydrogen-bond donors (Lipinski definition) is 1. The maximum Gasteiger partial charge on any atom is 0.205 e. The first-order valence-electron chi connectivity index (χ1n) is 6.25. The van der Waals surface area contributed by atoms with Crippen molar-refractivity contribution < 1.29 is 0 Å². The highest BCUT2D eigenvalue weighted by atomic mass is 32.1. The minimum Gasteiger partial charge on any atom is -0.359 e. The van der Waals surface area contributed by atoms with Gasteiger partial charge in [0.1, 0.15) is 5.82 Å². The number of anilines is 1. The van der Waals surface area contributed by atoms with Crippen molar-refractivity contribution >= 4 is 22.6 Å². The zero-order valence-electron chi connectivity index (χ0n) is 11.2. The first-order valence-corrected chi connectivity index (χ1v) is 7.02. The lowest BCUT2D eigenvalue weighted by Crippen LogP contribution is -2.51. The molecule has 0 radical (unpaired) electrons. The van der Waals surface area contributed by atoms with Gasteiger partial charge in [-0.2, -0.15) is 4.37 Å². The van der Waals surface area contributed by atoms with Gasteiger partial charge in [-0.15, -0.1) is 0 Å². The van der Waals surface area contributed by atoms with Gasteiger partial charge in [-0.25, -0.2) is 4.98 Å². The molecule has 1 aromatic rings. The summed E-state index contributed by atoms with van der Waals surface area (Å²) in [6, 6.07) is 0. The number of piperazine rings is 1. The topological polar surface area (TPSA) is 56.7 Å². The fourth-order valence-electron chi connectivity index (χ4n) is 2.04. The molecule has 18 heavy (non-hydrogen) atoms. The summed E-state index contributed by atoms with van der Waals surface area (Å²) in [6.45, 7) is 5.96. The molecule has 0 bridgehead atoms. The molecular formula is C11H20N6S. The average molecular weight is 268 g/mol. The summed E-state index contributed by atoms with van der Waals surface area (Å²) < 4.78 is 4.34. The molecule has 1 aliphatic rings. The molecule has 100 valence electrons. The van der Waals surface area contributed by atoms with Gasteiger partial charge in [0.15, 0.2) is 5.96 Å². The van der Waals surface area contributed by atoms with Crippen molar-refractivity contribution in [1.29, 1.82) is 0 Å². The van der Waals surface area contributed by atoms with Gasteiger partial charge in [0.05, 0.1) is 0 Å². The molecule has 0 amide bonds. The molecule has 1 N–H and O–H groups in total. The number of rotatable bonds is 2. The van der Waals surface area contributed by atoms with Gasteiger partial charge in [0.25, 0.3) is 0 Å². The molecule has 1 fully saturated rings. The molecule has 0 unspecified atom stereocenters. The van der Waals surface area contributed by atoms with Crippen molar-refractivity contribution in [3.8, 4) is 0 Å². The van der Waals surface area contributed by atoms with Crippen molar-refractivity contribution in [3.05, 3.63) is 5.82 Å². The standard InChI is InChI=1S/C11H20N6S/c1-4-9-14-11(18-15-9)17-7-5-16(6-8-17)10(12-2)13-3/h4-8H2,1-3H3,(H,12,13). The maximum absolute atomic E-state index is 4.53. The molecule has 0 aliphatic carbocycles. The highest BCUT2D eigenvalue weighted by Gasteiger charge is 2.21. The summed E-state index contributed by atoms with van der Waals surface area (Å²) in [6.07, 6.45) is 0.906. The molecule has 0 atom stereocenters. The molecule has 1 aromatic heterocycles. The lowest BCUT2D eigenvalue weighted by atomic mass is 10.3. The van der Waals surface area contributed by atoms with Crippen LogP contribution in [0.5, 0.6) is 0 Å². The summed E-state index contributed by atoms with van der Waals surface area (Å²) in [7, 11) is 3.73. The fraction of sp³-hybridized carbons (Fsp3) is 0.727. The second kappa shape index (κ2) is 5.99. The van der Waals surface area contributed by atoms with Gasteiger partial charge in [-0.3, -0.25) is 4.99 Å². The van der Waals surface area contributed by atoms with Crippen molar-refractivity contribution in [2.24, 2.45) is 4.99 Å². The van der Waals surface area contributed by atoms with E-state index in [4.69, 9.17) is 0 Å². The minimum absolute atomic E-state index is 0.906. The Labute approximate surface area is 112 Å². The molecule has 7 heteroatoms. The van der Waals surface area contributed by atoms with Gasteiger partial charge < -0.3 is 15.1 Å². The van der Waals surface area contributed by atoms with E-state index in [1.165, 1.54) is 11.5 Å². The third-order valence-electron chi connectivity index (χ3n) is 3.06. The molecule has 2 heterocycles. The Morgan fingerprint density at radius 2 is 2.11 bits per heavy atom. The third-order valence-corrected chi connectivity index (χ3v) is 3.87. The number of hydrogen-bond acceptors (Lipinski definition) is 5. The largest absolute Gasteiger partial charge is 0.359 e. The predicted molar refractivity (Wildman–Crippen MR) is 75.5 cm³/mol. The Morgan fingerprint density at radius 1 is 1.39 bits per heavy atom. The van der Waals surface area contributed by atoms with Crippen LogP contribution in [0, 0.1) is 0 Å². The van der Waals surface area contributed by atoms with E-state index in [1.54, 1.807) is 0 Å². The highest BCUT2D eigenvalue weighted by Crippen LogP contribution is 2.19. The Bertz CT molecular complexity index is 407. The van der Waals surface area contributed by atoms with Crippen LogP contribution in [0.15, 0.2) is 4.99 Å². The molecule has 2 rings (SSSR count). The van der Waals surface area contributed by atoms with Crippen LogP contribution in [0.4, 0.5) is 5.13 Å². The SMILES string of the molecule is CCc1nsc(N2CCN(C(=NC)NC)CC2)n1. The van der Waals surface area contributed by atoms with E-state index < -0.39 is 0 Å². The smallest absolute Gasteiger partial charge is 0.205 e. The number of nitrogens with zero attached hydrogens (tertiary/aromatic N) is 5. The van der Waals surface area contributed by atoms with Crippen LogP contribution in [0.3, 0.4) is 0 Å². The lowest BCUT2D eigenvalue weighted by Gasteiger charge is -2.35. The van der Waals surface area contributed by atoms with Crippen molar-refractivity contribution in [2.75, 3.05) is 45.2 Å². The third kappa shape index (κ3) is 2.72. The van der Waals surface area contributed by atoms with Gasteiger partial charge >= 0.3 is 0 Å². The summed E-state index contributed by atoms with van der Waals surface area (Å²) in [4.78, 5) is 13.3. The second-order valence-electron chi connectivity index (χ2n) is 4.12. The van der Waals surface area contributed by atoms with E-state index in [0.29, 0.717) is 0 Å². The first-order chi connectivity index (χ1) is 8.78. The summed E-state index contributed by atoms with van der Waals surface area (Å²) in [5.41, 5.74) is 0. The zero-order chi connectivity index (χ0) is 13.0. The minimum atomic E-state index is 0.906. The van der Waals surface area contributed by atoms with Crippen LogP contribution in [-0.4, -0.2) is 60.5 Å². The quantitative estimate of drug-likeness (QED) is 0.622. The average Bonchev–Trinajstić information content (AvgIpc) is 2.90. The Balaban J connectivity index is 1.94. The molecule has 1 aliphatic heterocycles. The van der Waals surface area contributed by atoms with E-state index in [-0.39, 0.29) is 0 Å². The molecular weight excluding hydrogens is 248 g/mol. The zero-order valence-corrected chi connectivity index (χ0v) is 12.0. The van der Waals surface area contributed by atoms with E-state index in [2.05, 4.69) is 36.4 Å². The monoisotopic (exact) mass is 268 g/mol. The molecule has 0 saturated carbocycles. The normalized spacial score (nSPS) is 17.2. The molecule has 0 spiro atoms. The van der Waals surface area contributed by atoms with Gasteiger partial charge in [0, 0.05) is 58.2 Å². The number of aromatic nitrogens is 2. The van der Waals surface area contributed by atoms with Crippen molar-refractivity contribution in [2.45, 2.75) is 13.3 Å². The number of aliphatic imine (C=N–C) groups is 1. The van der Waals surface area contributed by atoms with Crippen LogP contribution in [-0.2, 0) is 6.42 Å². The van der Waals surface area contributed by atoms with E-state index >= 15 is 0 Å².